The third-order valence-electron chi connectivity index (χ3n) is 2.60. The van der Waals surface area contributed by atoms with Gasteiger partial charge in [-0.15, -0.1) is 11.6 Å². The molecule has 0 saturated carbocycles. The van der Waals surface area contributed by atoms with E-state index in [9.17, 15) is 9.59 Å². The molecule has 4 nitrogen and oxygen atoms in total. The molecule has 0 saturated heterocycles. The van der Waals surface area contributed by atoms with E-state index in [1.54, 1.807) is 0 Å². The van der Waals surface area contributed by atoms with Crippen molar-refractivity contribution in [3.05, 3.63) is 0 Å². The quantitative estimate of drug-likeness (QED) is 0.470. The maximum atomic E-state index is 11.0. The highest BCUT2D eigenvalue weighted by Crippen LogP contribution is 2.08. The first kappa shape index (κ1) is 16.2. The lowest BCUT2D eigenvalue weighted by atomic mass is 10.1. The maximum absolute atomic E-state index is 11.0. The Balaban J connectivity index is 3.71. The number of alkyl halides is 1. The number of rotatable bonds is 10. The molecule has 0 aromatic rings. The molecule has 0 radical (unpaired) electrons. The van der Waals surface area contributed by atoms with Crippen LogP contribution >= 0.6 is 11.6 Å². The molecule has 5 heteroatoms. The SMILES string of the molecule is CCCCCCCC[C@@H](NC(=O)CCl)C(=O)O. The summed E-state index contributed by atoms with van der Waals surface area (Å²) >= 11 is 5.31. The second kappa shape index (κ2) is 10.4. The van der Waals surface area contributed by atoms with E-state index in [0.29, 0.717) is 6.42 Å². The number of carbonyl (C=O) groups is 2. The number of carbonyl (C=O) groups excluding carboxylic acids is 1. The number of hydrogen-bond donors (Lipinski definition) is 2. The highest BCUT2D eigenvalue weighted by molar-refractivity contribution is 6.27. The van der Waals surface area contributed by atoms with Crippen molar-refractivity contribution < 1.29 is 14.7 Å². The van der Waals surface area contributed by atoms with Gasteiger partial charge in [-0.25, -0.2) is 4.79 Å². The van der Waals surface area contributed by atoms with Gasteiger partial charge in [-0.3, -0.25) is 4.79 Å². The summed E-state index contributed by atoms with van der Waals surface area (Å²) in [7, 11) is 0. The highest BCUT2D eigenvalue weighted by atomic mass is 35.5. The molecular weight excluding hydrogens is 242 g/mol. The molecule has 0 aromatic heterocycles. The first-order valence-electron chi connectivity index (χ1n) is 6.20. The Morgan fingerprint density at radius 2 is 1.76 bits per heavy atom. The molecule has 0 heterocycles. The number of carboxylic acid groups (broad SMARTS) is 1. The minimum Gasteiger partial charge on any atom is -0.480 e. The van der Waals surface area contributed by atoms with Gasteiger partial charge < -0.3 is 10.4 Å². The van der Waals surface area contributed by atoms with E-state index in [-0.39, 0.29) is 5.88 Å². The molecule has 0 aliphatic heterocycles. The van der Waals surface area contributed by atoms with Crippen molar-refractivity contribution in [1.82, 2.24) is 5.32 Å². The lowest BCUT2D eigenvalue weighted by molar-refractivity contribution is -0.141. The number of hydrogen-bond acceptors (Lipinski definition) is 2. The topological polar surface area (TPSA) is 66.4 Å². The van der Waals surface area contributed by atoms with E-state index in [1.165, 1.54) is 19.3 Å². The zero-order chi connectivity index (χ0) is 13.1. The smallest absolute Gasteiger partial charge is 0.326 e. The Bertz CT molecular complexity index is 234. The van der Waals surface area contributed by atoms with Crippen LogP contribution in [0.4, 0.5) is 0 Å². The molecule has 17 heavy (non-hydrogen) atoms. The van der Waals surface area contributed by atoms with E-state index in [2.05, 4.69) is 12.2 Å². The molecule has 0 rings (SSSR count). The Morgan fingerprint density at radius 1 is 1.18 bits per heavy atom. The largest absolute Gasteiger partial charge is 0.480 e. The molecule has 0 bridgehead atoms. The molecular formula is C12H22ClNO3. The minimum atomic E-state index is -0.989. The molecule has 0 spiro atoms. The zero-order valence-electron chi connectivity index (χ0n) is 10.4. The van der Waals surface area contributed by atoms with E-state index in [0.717, 1.165) is 19.3 Å². The van der Waals surface area contributed by atoms with Crippen LogP contribution in [0.15, 0.2) is 0 Å². The van der Waals surface area contributed by atoms with Crippen LogP contribution in [0.1, 0.15) is 51.9 Å². The summed E-state index contributed by atoms with van der Waals surface area (Å²) in [4.78, 5) is 21.9. The molecule has 2 N–H and O–H groups in total. The molecule has 0 aromatic carbocycles. The van der Waals surface area contributed by atoms with Crippen molar-refractivity contribution in [3.63, 3.8) is 0 Å². The van der Waals surface area contributed by atoms with E-state index in [4.69, 9.17) is 16.7 Å². The fraction of sp³-hybridized carbons (Fsp3) is 0.833. The second-order valence-corrected chi connectivity index (χ2v) is 4.42. The van der Waals surface area contributed by atoms with Crippen LogP contribution in [-0.2, 0) is 9.59 Å². The predicted octanol–water partition coefficient (Wildman–Crippen LogP) is 2.55. The van der Waals surface area contributed by atoms with Crippen molar-refractivity contribution in [1.29, 1.82) is 0 Å². The Labute approximate surface area is 108 Å². The van der Waals surface area contributed by atoms with Gasteiger partial charge in [0.15, 0.2) is 0 Å². The van der Waals surface area contributed by atoms with Crippen molar-refractivity contribution >= 4 is 23.5 Å². The van der Waals surface area contributed by atoms with Gasteiger partial charge in [0.25, 0.3) is 0 Å². The summed E-state index contributed by atoms with van der Waals surface area (Å²) in [5, 5.41) is 11.3. The number of carboxylic acids is 1. The molecule has 0 fully saturated rings. The molecule has 0 aliphatic rings. The van der Waals surface area contributed by atoms with Crippen molar-refractivity contribution in [2.24, 2.45) is 0 Å². The molecule has 100 valence electrons. The molecule has 0 unspecified atom stereocenters. The van der Waals surface area contributed by atoms with Crippen LogP contribution in [0.2, 0.25) is 0 Å². The number of aliphatic carboxylic acids is 1. The third-order valence-corrected chi connectivity index (χ3v) is 2.84. The van der Waals surface area contributed by atoms with Gasteiger partial charge in [0.1, 0.15) is 11.9 Å². The van der Waals surface area contributed by atoms with Crippen molar-refractivity contribution in [3.8, 4) is 0 Å². The van der Waals surface area contributed by atoms with Gasteiger partial charge >= 0.3 is 5.97 Å². The standard InChI is InChI=1S/C12H22ClNO3/c1-2-3-4-5-6-7-8-10(12(16)17)14-11(15)9-13/h10H,2-9H2,1H3,(H,14,15)(H,16,17)/t10-/m1/s1. The Kier molecular flexibility index (Phi) is 9.92. The molecule has 1 amide bonds. The number of halogens is 1. The van der Waals surface area contributed by atoms with E-state index >= 15 is 0 Å². The summed E-state index contributed by atoms with van der Waals surface area (Å²) in [6.07, 6.45) is 7.06. The van der Waals surface area contributed by atoms with Crippen LogP contribution in [0.25, 0.3) is 0 Å². The van der Waals surface area contributed by atoms with Crippen molar-refractivity contribution in [2.75, 3.05) is 5.88 Å². The van der Waals surface area contributed by atoms with Gasteiger partial charge in [-0.1, -0.05) is 45.4 Å². The summed E-state index contributed by atoms with van der Waals surface area (Å²) in [6, 6.07) is -0.799. The normalized spacial score (nSPS) is 12.1. The van der Waals surface area contributed by atoms with Crippen LogP contribution in [0.3, 0.4) is 0 Å². The van der Waals surface area contributed by atoms with Crippen LogP contribution in [-0.4, -0.2) is 28.9 Å². The zero-order valence-corrected chi connectivity index (χ0v) is 11.1. The number of unbranched alkanes of at least 4 members (excludes halogenated alkanes) is 5. The first-order chi connectivity index (χ1) is 8.11. The summed E-state index contributed by atoms with van der Waals surface area (Å²) < 4.78 is 0. The monoisotopic (exact) mass is 263 g/mol. The lowest BCUT2D eigenvalue weighted by Crippen LogP contribution is -2.41. The second-order valence-electron chi connectivity index (χ2n) is 4.15. The fourth-order valence-electron chi connectivity index (χ4n) is 1.62. The van der Waals surface area contributed by atoms with E-state index in [1.807, 2.05) is 0 Å². The predicted molar refractivity (Wildman–Crippen MR) is 68.3 cm³/mol. The third kappa shape index (κ3) is 8.98. The highest BCUT2D eigenvalue weighted by Gasteiger charge is 2.18. The minimum absolute atomic E-state index is 0.194. The average molecular weight is 264 g/mol. The maximum Gasteiger partial charge on any atom is 0.326 e. The number of nitrogens with one attached hydrogen (secondary N) is 1. The van der Waals surface area contributed by atoms with Gasteiger partial charge in [0.05, 0.1) is 0 Å². The fourth-order valence-corrected chi connectivity index (χ4v) is 1.70. The van der Waals surface area contributed by atoms with Crippen molar-refractivity contribution in [2.45, 2.75) is 57.9 Å². The van der Waals surface area contributed by atoms with Gasteiger partial charge in [0.2, 0.25) is 5.91 Å². The Hall–Kier alpha value is -0.770. The molecule has 0 aliphatic carbocycles. The lowest BCUT2D eigenvalue weighted by Gasteiger charge is -2.13. The summed E-state index contributed by atoms with van der Waals surface area (Å²) in [5.74, 6) is -1.61. The van der Waals surface area contributed by atoms with Crippen LogP contribution in [0.5, 0.6) is 0 Å². The van der Waals surface area contributed by atoms with E-state index < -0.39 is 17.9 Å². The molecule has 1 atom stereocenters. The van der Waals surface area contributed by atoms with Crippen LogP contribution in [0, 0.1) is 0 Å². The number of amides is 1. The van der Waals surface area contributed by atoms with Gasteiger partial charge in [0, 0.05) is 0 Å². The van der Waals surface area contributed by atoms with Gasteiger partial charge in [-0.2, -0.15) is 0 Å². The summed E-state index contributed by atoms with van der Waals surface area (Å²) in [5.41, 5.74) is 0. The van der Waals surface area contributed by atoms with Crippen LogP contribution < -0.4 is 5.32 Å². The van der Waals surface area contributed by atoms with Gasteiger partial charge in [-0.05, 0) is 6.42 Å². The summed E-state index contributed by atoms with van der Waals surface area (Å²) in [6.45, 7) is 2.15. The average Bonchev–Trinajstić information content (AvgIpc) is 2.31. The first-order valence-corrected chi connectivity index (χ1v) is 6.73. The Morgan fingerprint density at radius 3 is 2.29 bits per heavy atom.